The smallest absolute Gasteiger partial charge is 0.224 e. The molecule has 0 aromatic heterocycles. The molecule has 0 aliphatic carbocycles. The van der Waals surface area contributed by atoms with Crippen LogP contribution >= 0.6 is 0 Å². The number of carbonyl (C=O) groups is 1. The van der Waals surface area contributed by atoms with Gasteiger partial charge in [0.15, 0.2) is 0 Å². The van der Waals surface area contributed by atoms with Crippen LogP contribution in [0.25, 0.3) is 0 Å². The number of rotatable bonds is 8. The maximum atomic E-state index is 11.9. The molecule has 2 aromatic carbocycles. The van der Waals surface area contributed by atoms with E-state index in [1.165, 1.54) is 5.56 Å². The summed E-state index contributed by atoms with van der Waals surface area (Å²) in [7, 11) is 0. The minimum atomic E-state index is -0.153. The lowest BCUT2D eigenvalue weighted by atomic mass is 10.1. The second-order valence-electron chi connectivity index (χ2n) is 6.67. The second-order valence-corrected chi connectivity index (χ2v) is 6.67. The van der Waals surface area contributed by atoms with E-state index in [4.69, 9.17) is 10.5 Å². The molecule has 2 aromatic rings. The monoisotopic (exact) mass is 340 g/mol. The highest BCUT2D eigenvalue weighted by molar-refractivity contribution is 5.78. The molecule has 0 fully saturated rings. The Hall–Kier alpha value is -2.33. The Morgan fingerprint density at radius 2 is 1.64 bits per heavy atom. The van der Waals surface area contributed by atoms with Crippen molar-refractivity contribution in [2.75, 3.05) is 6.54 Å². The largest absolute Gasteiger partial charge is 0.489 e. The van der Waals surface area contributed by atoms with Gasteiger partial charge in [-0.05, 0) is 43.5 Å². The fourth-order valence-corrected chi connectivity index (χ4v) is 2.47. The molecular weight excluding hydrogens is 312 g/mol. The van der Waals surface area contributed by atoms with E-state index in [2.05, 4.69) is 36.5 Å². The molecule has 0 aliphatic heterocycles. The van der Waals surface area contributed by atoms with Crippen LogP contribution < -0.4 is 15.8 Å². The van der Waals surface area contributed by atoms with Crippen LogP contribution in [0.15, 0.2) is 48.5 Å². The summed E-state index contributed by atoms with van der Waals surface area (Å²) in [6, 6.07) is 16.4. The lowest BCUT2D eigenvalue weighted by molar-refractivity contribution is -0.124. The Balaban J connectivity index is 1.82. The number of hydrogen-bond donors (Lipinski definition) is 2. The van der Waals surface area contributed by atoms with Crippen LogP contribution in [0.1, 0.15) is 30.5 Å². The van der Waals surface area contributed by atoms with Crippen molar-refractivity contribution in [1.82, 2.24) is 5.32 Å². The van der Waals surface area contributed by atoms with Crippen molar-refractivity contribution in [2.45, 2.75) is 39.8 Å². The average molecular weight is 340 g/mol. The number of carbonyl (C=O) groups excluding carboxylic acids is 1. The molecule has 0 saturated heterocycles. The Bertz CT molecular complexity index is 665. The van der Waals surface area contributed by atoms with E-state index in [9.17, 15) is 4.79 Å². The van der Waals surface area contributed by atoms with Crippen molar-refractivity contribution < 1.29 is 9.53 Å². The molecule has 4 heteroatoms. The van der Waals surface area contributed by atoms with Crippen molar-refractivity contribution in [2.24, 2.45) is 11.7 Å². The number of aryl methyl sites for hydroxylation is 1. The third-order valence-corrected chi connectivity index (χ3v) is 4.18. The number of ether oxygens (including phenoxy) is 1. The summed E-state index contributed by atoms with van der Waals surface area (Å²) in [5, 5.41) is 2.99. The topological polar surface area (TPSA) is 64.3 Å². The molecule has 2 atom stereocenters. The van der Waals surface area contributed by atoms with Gasteiger partial charge in [-0.1, -0.05) is 48.9 Å². The number of nitrogens with two attached hydrogens (primary N) is 1. The lowest BCUT2D eigenvalue weighted by Crippen LogP contribution is -2.39. The Morgan fingerprint density at radius 1 is 1.04 bits per heavy atom. The molecule has 3 N–H and O–H groups in total. The summed E-state index contributed by atoms with van der Waals surface area (Å²) in [4.78, 5) is 11.9. The van der Waals surface area contributed by atoms with Crippen molar-refractivity contribution in [3.63, 3.8) is 0 Å². The van der Waals surface area contributed by atoms with Gasteiger partial charge in [0.05, 0.1) is 0 Å². The van der Waals surface area contributed by atoms with E-state index < -0.39 is 0 Å². The first kappa shape index (κ1) is 19.0. The van der Waals surface area contributed by atoms with Gasteiger partial charge in [-0.2, -0.15) is 0 Å². The van der Waals surface area contributed by atoms with Gasteiger partial charge in [-0.25, -0.2) is 0 Å². The molecule has 0 heterocycles. The van der Waals surface area contributed by atoms with Crippen LogP contribution in [0.3, 0.4) is 0 Å². The summed E-state index contributed by atoms with van der Waals surface area (Å²) in [6.45, 7) is 6.84. The van der Waals surface area contributed by atoms with Gasteiger partial charge in [0.25, 0.3) is 0 Å². The molecule has 4 nitrogen and oxygen atoms in total. The zero-order chi connectivity index (χ0) is 18.2. The van der Waals surface area contributed by atoms with Crippen LogP contribution in [-0.4, -0.2) is 18.5 Å². The zero-order valence-electron chi connectivity index (χ0n) is 15.3. The van der Waals surface area contributed by atoms with Crippen molar-refractivity contribution in [3.05, 3.63) is 65.2 Å². The first-order valence-electron chi connectivity index (χ1n) is 8.75. The predicted octanol–water partition coefficient (Wildman–Crippen LogP) is 3.22. The molecule has 0 radical (unpaired) electrons. The number of nitrogens with one attached hydrogen (secondary N) is 1. The van der Waals surface area contributed by atoms with Gasteiger partial charge in [0.2, 0.25) is 5.91 Å². The lowest BCUT2D eigenvalue weighted by Gasteiger charge is -2.17. The van der Waals surface area contributed by atoms with Gasteiger partial charge in [0.1, 0.15) is 12.4 Å². The third-order valence-electron chi connectivity index (χ3n) is 4.18. The van der Waals surface area contributed by atoms with Gasteiger partial charge in [-0.15, -0.1) is 0 Å². The minimum absolute atomic E-state index is 0.00745. The highest BCUT2D eigenvalue weighted by Gasteiger charge is 2.13. The minimum Gasteiger partial charge on any atom is -0.489 e. The van der Waals surface area contributed by atoms with E-state index in [0.29, 0.717) is 13.2 Å². The molecule has 0 saturated carbocycles. The van der Waals surface area contributed by atoms with Crippen molar-refractivity contribution in [3.8, 4) is 5.75 Å². The fraction of sp³-hybridized carbons (Fsp3) is 0.381. The predicted molar refractivity (Wildman–Crippen MR) is 101 cm³/mol. The van der Waals surface area contributed by atoms with E-state index in [-0.39, 0.29) is 17.9 Å². The number of hydrogen-bond acceptors (Lipinski definition) is 3. The Morgan fingerprint density at radius 3 is 2.24 bits per heavy atom. The molecule has 25 heavy (non-hydrogen) atoms. The van der Waals surface area contributed by atoms with E-state index in [1.54, 1.807) is 0 Å². The van der Waals surface area contributed by atoms with Crippen LogP contribution in [-0.2, 0) is 17.8 Å². The van der Waals surface area contributed by atoms with Crippen LogP contribution in [0.5, 0.6) is 5.75 Å². The summed E-state index contributed by atoms with van der Waals surface area (Å²) in [5.74, 6) is 0.700. The van der Waals surface area contributed by atoms with Gasteiger partial charge < -0.3 is 15.8 Å². The molecule has 0 aliphatic rings. The van der Waals surface area contributed by atoms with E-state index >= 15 is 0 Å². The summed E-state index contributed by atoms with van der Waals surface area (Å²) in [5.41, 5.74) is 9.08. The second kappa shape index (κ2) is 9.23. The van der Waals surface area contributed by atoms with Crippen molar-refractivity contribution >= 4 is 5.91 Å². The molecule has 2 unspecified atom stereocenters. The van der Waals surface area contributed by atoms with E-state index in [1.807, 2.05) is 38.1 Å². The number of amides is 1. The highest BCUT2D eigenvalue weighted by Crippen LogP contribution is 2.15. The Kier molecular flexibility index (Phi) is 7.02. The molecule has 0 bridgehead atoms. The normalized spacial score (nSPS) is 13.1. The quantitative estimate of drug-likeness (QED) is 0.775. The van der Waals surface area contributed by atoms with Gasteiger partial charge >= 0.3 is 0 Å². The standard InChI is InChI=1S/C21H28N2O2/c1-15-4-6-19(7-5-15)14-25-20-10-8-18(9-11-20)12-17(3)23-21(24)16(2)13-22/h4-11,16-17H,12-14,22H2,1-3H3,(H,23,24). The molecular formula is C21H28N2O2. The first-order chi connectivity index (χ1) is 12.0. The van der Waals surface area contributed by atoms with E-state index in [0.717, 1.165) is 23.3 Å². The van der Waals surface area contributed by atoms with Crippen molar-refractivity contribution in [1.29, 1.82) is 0 Å². The van der Waals surface area contributed by atoms with Gasteiger partial charge in [-0.3, -0.25) is 4.79 Å². The highest BCUT2D eigenvalue weighted by atomic mass is 16.5. The molecule has 1 amide bonds. The summed E-state index contributed by atoms with van der Waals surface area (Å²) >= 11 is 0. The molecule has 2 rings (SSSR count). The molecule has 134 valence electrons. The maximum Gasteiger partial charge on any atom is 0.224 e. The molecule has 0 spiro atoms. The van der Waals surface area contributed by atoms with Crippen LogP contribution in [0.4, 0.5) is 0 Å². The summed E-state index contributed by atoms with van der Waals surface area (Å²) < 4.78 is 5.82. The fourth-order valence-electron chi connectivity index (χ4n) is 2.47. The average Bonchev–Trinajstić information content (AvgIpc) is 2.61. The SMILES string of the molecule is Cc1ccc(COc2ccc(CC(C)NC(=O)C(C)CN)cc2)cc1. The number of benzene rings is 2. The van der Waals surface area contributed by atoms with Crippen LogP contribution in [0, 0.1) is 12.8 Å². The maximum absolute atomic E-state index is 11.9. The van der Waals surface area contributed by atoms with Crippen LogP contribution in [0.2, 0.25) is 0 Å². The summed E-state index contributed by atoms with van der Waals surface area (Å²) in [6.07, 6.45) is 0.779. The third kappa shape index (κ3) is 6.24. The Labute approximate surface area is 150 Å². The van der Waals surface area contributed by atoms with Gasteiger partial charge in [0, 0.05) is 18.5 Å². The first-order valence-corrected chi connectivity index (χ1v) is 8.75. The zero-order valence-corrected chi connectivity index (χ0v) is 15.3.